The van der Waals surface area contributed by atoms with Crippen LogP contribution < -0.4 is 5.63 Å². The van der Waals surface area contributed by atoms with Crippen molar-refractivity contribution in [3.63, 3.8) is 0 Å². The minimum absolute atomic E-state index is 0.234. The Morgan fingerprint density at radius 3 is 2.72 bits per heavy atom. The molecule has 0 spiro atoms. The third kappa shape index (κ3) is 3.75. The van der Waals surface area contributed by atoms with Crippen LogP contribution in [0.15, 0.2) is 33.5 Å². The molecule has 0 radical (unpaired) electrons. The Morgan fingerprint density at radius 1 is 1.33 bits per heavy atom. The summed E-state index contributed by atoms with van der Waals surface area (Å²) < 4.78 is 17.8. The van der Waals surface area contributed by atoms with Crippen LogP contribution in [-0.2, 0) is 0 Å². The van der Waals surface area contributed by atoms with Gasteiger partial charge in [-0.3, -0.25) is 0 Å². The van der Waals surface area contributed by atoms with Crippen molar-refractivity contribution in [2.45, 2.75) is 13.8 Å². The normalized spacial score (nSPS) is 9.11. The standard InChI is InChI=1S/C11H4FIO2S.C2H6/c12-9-2-1-7-5-8(3-4-16-13)11(14)15-10(7)6-9;1-2/h1-2,5-6H;1-2H3. The van der Waals surface area contributed by atoms with Gasteiger partial charge in [0.25, 0.3) is 0 Å². The Kier molecular flexibility index (Phi) is 6.22. The van der Waals surface area contributed by atoms with Gasteiger partial charge >= 0.3 is 5.63 Å². The van der Waals surface area contributed by atoms with Gasteiger partial charge in [0.2, 0.25) is 0 Å². The fraction of sp³-hybridized carbons (Fsp3) is 0.154. The van der Waals surface area contributed by atoms with E-state index < -0.39 is 11.4 Å². The lowest BCUT2D eigenvalue weighted by Gasteiger charge is -1.96. The number of rotatable bonds is 0. The lowest BCUT2D eigenvalue weighted by atomic mass is 10.2. The molecule has 0 fully saturated rings. The van der Waals surface area contributed by atoms with Gasteiger partial charge < -0.3 is 4.42 Å². The topological polar surface area (TPSA) is 30.2 Å². The van der Waals surface area contributed by atoms with E-state index in [-0.39, 0.29) is 11.1 Å². The van der Waals surface area contributed by atoms with Crippen molar-refractivity contribution in [3.05, 3.63) is 46.1 Å². The molecule has 0 saturated heterocycles. The van der Waals surface area contributed by atoms with Gasteiger partial charge in [-0.2, -0.15) is 0 Å². The van der Waals surface area contributed by atoms with E-state index in [2.05, 4.69) is 11.2 Å². The van der Waals surface area contributed by atoms with Crippen LogP contribution >= 0.6 is 30.1 Å². The first-order valence-corrected chi connectivity index (χ1v) is 8.58. The third-order valence-corrected chi connectivity index (χ3v) is 2.76. The summed E-state index contributed by atoms with van der Waals surface area (Å²) in [5.74, 6) is 2.24. The van der Waals surface area contributed by atoms with Crippen LogP contribution in [0.2, 0.25) is 0 Å². The van der Waals surface area contributed by atoms with E-state index in [4.69, 9.17) is 4.42 Å². The lowest BCUT2D eigenvalue weighted by Crippen LogP contribution is -2.03. The molecule has 0 bridgehead atoms. The Morgan fingerprint density at radius 2 is 2.06 bits per heavy atom. The fourth-order valence-electron chi connectivity index (χ4n) is 1.25. The SMILES string of the molecule is CC.O=c1oc2cc(F)ccc2cc1C#CSI. The smallest absolute Gasteiger partial charge is 0.352 e. The number of benzene rings is 1. The second-order valence-corrected chi connectivity index (χ2v) is 4.61. The van der Waals surface area contributed by atoms with Crippen molar-refractivity contribution in [2.75, 3.05) is 0 Å². The molecule has 0 saturated carbocycles. The van der Waals surface area contributed by atoms with Crippen LogP contribution in [0.5, 0.6) is 0 Å². The molecular weight excluding hydrogens is 366 g/mol. The third-order valence-electron chi connectivity index (χ3n) is 1.92. The molecule has 1 aromatic heterocycles. The van der Waals surface area contributed by atoms with E-state index in [9.17, 15) is 9.18 Å². The largest absolute Gasteiger partial charge is 0.422 e. The van der Waals surface area contributed by atoms with Crippen LogP contribution in [0.3, 0.4) is 0 Å². The average Bonchev–Trinajstić information content (AvgIpc) is 2.39. The predicted molar refractivity (Wildman–Crippen MR) is 82.3 cm³/mol. The summed E-state index contributed by atoms with van der Waals surface area (Å²) in [6, 6.07) is 5.64. The first kappa shape index (κ1) is 15.1. The fourth-order valence-corrected chi connectivity index (χ4v) is 1.73. The molecule has 2 rings (SSSR count). The maximum Gasteiger partial charge on any atom is 0.352 e. The molecule has 0 amide bonds. The minimum atomic E-state index is -0.545. The molecule has 5 heteroatoms. The molecule has 1 aromatic carbocycles. The lowest BCUT2D eigenvalue weighted by molar-refractivity contribution is 0.552. The van der Waals surface area contributed by atoms with Gasteiger partial charge in [-0.25, -0.2) is 9.18 Å². The highest BCUT2D eigenvalue weighted by molar-refractivity contribution is 14.2. The monoisotopic (exact) mass is 376 g/mol. The number of halogens is 2. The van der Waals surface area contributed by atoms with E-state index in [0.29, 0.717) is 5.39 Å². The van der Waals surface area contributed by atoms with Gasteiger partial charge in [0.05, 0.1) is 0 Å². The van der Waals surface area contributed by atoms with Crippen LogP contribution in [-0.4, -0.2) is 0 Å². The molecule has 0 unspecified atom stereocenters. The van der Waals surface area contributed by atoms with Gasteiger partial charge in [-0.15, -0.1) is 0 Å². The van der Waals surface area contributed by atoms with Gasteiger partial charge in [0.1, 0.15) is 17.0 Å². The Hall–Kier alpha value is -1.000. The highest BCUT2D eigenvalue weighted by Gasteiger charge is 2.03. The second-order valence-electron chi connectivity index (χ2n) is 2.93. The predicted octanol–water partition coefficient (Wildman–Crippen LogP) is 4.35. The summed E-state index contributed by atoms with van der Waals surface area (Å²) in [5, 5.41) is 3.36. The summed E-state index contributed by atoms with van der Waals surface area (Å²) in [4.78, 5) is 11.4. The molecule has 2 nitrogen and oxygen atoms in total. The summed E-state index contributed by atoms with van der Waals surface area (Å²) in [6.07, 6.45) is 0. The molecule has 2 aromatic rings. The van der Waals surface area contributed by atoms with Crippen LogP contribution in [0.25, 0.3) is 11.0 Å². The maximum atomic E-state index is 12.9. The number of hydrogen-bond acceptors (Lipinski definition) is 3. The molecule has 0 aliphatic rings. The summed E-state index contributed by atoms with van der Waals surface area (Å²) in [5.41, 5.74) is -0.0306. The van der Waals surface area contributed by atoms with E-state index in [1.54, 1.807) is 12.1 Å². The quantitative estimate of drug-likeness (QED) is 0.389. The Bertz CT molecular complexity index is 655. The zero-order valence-electron chi connectivity index (χ0n) is 9.79. The van der Waals surface area contributed by atoms with Crippen molar-refractivity contribution in [1.82, 2.24) is 0 Å². The van der Waals surface area contributed by atoms with Gasteiger partial charge in [-0.1, -0.05) is 13.8 Å². The van der Waals surface area contributed by atoms with Gasteiger partial charge in [0.15, 0.2) is 0 Å². The molecule has 18 heavy (non-hydrogen) atoms. The zero-order chi connectivity index (χ0) is 13.5. The summed E-state index contributed by atoms with van der Waals surface area (Å²) in [6.45, 7) is 4.00. The molecule has 0 atom stereocenters. The van der Waals surface area contributed by atoms with E-state index in [0.717, 1.165) is 0 Å². The molecular formula is C13H10FIO2S. The highest BCUT2D eigenvalue weighted by atomic mass is 127. The second kappa shape index (κ2) is 7.44. The van der Waals surface area contributed by atoms with E-state index in [1.165, 1.54) is 21.1 Å². The maximum absolute atomic E-state index is 12.9. The first-order chi connectivity index (χ1) is 8.70. The molecule has 0 aliphatic heterocycles. The van der Waals surface area contributed by atoms with Crippen molar-refractivity contribution < 1.29 is 8.81 Å². The molecule has 1 heterocycles. The minimum Gasteiger partial charge on any atom is -0.422 e. The van der Waals surface area contributed by atoms with Crippen LogP contribution in [0.1, 0.15) is 19.4 Å². The van der Waals surface area contributed by atoms with Crippen molar-refractivity contribution in [1.29, 1.82) is 0 Å². The summed E-state index contributed by atoms with van der Waals surface area (Å²) in [7, 11) is 1.28. The number of fused-ring (bicyclic) bond motifs is 1. The zero-order valence-corrected chi connectivity index (χ0v) is 12.8. The molecule has 94 valence electrons. The summed E-state index contributed by atoms with van der Waals surface area (Å²) >= 11 is 2.01. The van der Waals surface area contributed by atoms with Crippen LogP contribution in [0.4, 0.5) is 4.39 Å². The van der Waals surface area contributed by atoms with E-state index >= 15 is 0 Å². The van der Waals surface area contributed by atoms with E-state index in [1.807, 2.05) is 35.1 Å². The van der Waals surface area contributed by atoms with Crippen molar-refractivity contribution >= 4 is 41.1 Å². The van der Waals surface area contributed by atoms with Crippen molar-refractivity contribution in [2.24, 2.45) is 0 Å². The highest BCUT2D eigenvalue weighted by Crippen LogP contribution is 2.15. The molecule has 0 aliphatic carbocycles. The first-order valence-electron chi connectivity index (χ1n) is 5.23. The Balaban J connectivity index is 0.000000771. The average molecular weight is 376 g/mol. The Labute approximate surface area is 121 Å². The van der Waals surface area contributed by atoms with Crippen molar-refractivity contribution in [3.8, 4) is 11.2 Å². The van der Waals surface area contributed by atoms with Gasteiger partial charge in [-0.05, 0) is 38.3 Å². The number of hydrogen-bond donors (Lipinski definition) is 0. The molecule has 0 N–H and O–H groups in total. The van der Waals surface area contributed by atoms with Gasteiger partial charge in [0, 0.05) is 32.7 Å². The van der Waals surface area contributed by atoms with Crippen LogP contribution in [0, 0.1) is 17.0 Å².